The van der Waals surface area contributed by atoms with Gasteiger partial charge >= 0.3 is 0 Å². The molecule has 0 amide bonds. The molecule has 1 heterocycles. The molecular weight excluding hydrogens is 200 g/mol. The average molecular weight is 214 g/mol. The number of nitrogens with zero attached hydrogens (tertiary/aromatic N) is 1. The molecule has 0 fully saturated rings. The number of aromatic nitrogens is 1. The number of allylic oxidation sites excluding steroid dienone is 1. The fraction of sp³-hybridized carbons (Fsp3) is 0.154. The molecule has 16 heavy (non-hydrogen) atoms. The summed E-state index contributed by atoms with van der Waals surface area (Å²) in [6.45, 7) is 1.07. The van der Waals surface area contributed by atoms with Crippen molar-refractivity contribution in [3.05, 3.63) is 58.9 Å². The molecule has 0 bridgehead atoms. The Balaban J connectivity index is 2.53. The van der Waals surface area contributed by atoms with E-state index in [4.69, 9.17) is 5.73 Å². The second-order valence-electron chi connectivity index (χ2n) is 3.55. The molecule has 1 aromatic heterocycles. The minimum absolute atomic E-state index is 0.0142. The van der Waals surface area contributed by atoms with Gasteiger partial charge < -0.3 is 10.3 Å². The lowest BCUT2D eigenvalue weighted by atomic mass is 10.2. The maximum atomic E-state index is 11.7. The third-order valence-corrected chi connectivity index (χ3v) is 2.49. The molecule has 0 spiro atoms. The molecule has 0 aliphatic rings. The molecule has 1 aromatic carbocycles. The second-order valence-corrected chi connectivity index (χ2v) is 3.55. The Morgan fingerprint density at radius 1 is 1.12 bits per heavy atom. The van der Waals surface area contributed by atoms with Gasteiger partial charge in [-0.05, 0) is 17.5 Å². The van der Waals surface area contributed by atoms with E-state index in [9.17, 15) is 4.79 Å². The van der Waals surface area contributed by atoms with Crippen molar-refractivity contribution in [3.8, 4) is 0 Å². The molecule has 0 atom stereocenters. The monoisotopic (exact) mass is 214 g/mol. The molecule has 0 saturated carbocycles. The van der Waals surface area contributed by atoms with Gasteiger partial charge in [0.15, 0.2) is 0 Å². The van der Waals surface area contributed by atoms with E-state index < -0.39 is 0 Å². The smallest absolute Gasteiger partial charge is 0.251 e. The zero-order valence-corrected chi connectivity index (χ0v) is 8.97. The van der Waals surface area contributed by atoms with Crippen molar-refractivity contribution in [2.24, 2.45) is 5.73 Å². The largest absolute Gasteiger partial charge is 0.327 e. The molecule has 2 aromatic rings. The van der Waals surface area contributed by atoms with Crippen LogP contribution in [0.4, 0.5) is 0 Å². The van der Waals surface area contributed by atoms with Gasteiger partial charge in [-0.25, -0.2) is 0 Å². The van der Waals surface area contributed by atoms with Gasteiger partial charge in [0.1, 0.15) is 0 Å². The van der Waals surface area contributed by atoms with E-state index in [0.717, 1.165) is 10.9 Å². The van der Waals surface area contributed by atoms with Crippen molar-refractivity contribution < 1.29 is 0 Å². The van der Waals surface area contributed by atoms with Gasteiger partial charge in [0.25, 0.3) is 5.56 Å². The van der Waals surface area contributed by atoms with E-state index in [2.05, 4.69) is 0 Å². The van der Waals surface area contributed by atoms with Crippen molar-refractivity contribution >= 4 is 10.9 Å². The highest BCUT2D eigenvalue weighted by Gasteiger charge is 1.99. The standard InChI is InChI=1S/C13H14N2O/c14-9-3-4-10-15-12-6-2-1-5-11(12)7-8-13(15)16/h1-8H,9-10,14H2. The number of rotatable bonds is 3. The van der Waals surface area contributed by atoms with E-state index in [0.29, 0.717) is 13.1 Å². The highest BCUT2D eigenvalue weighted by atomic mass is 16.1. The molecule has 2 N–H and O–H groups in total. The summed E-state index contributed by atoms with van der Waals surface area (Å²) in [6, 6.07) is 11.3. The van der Waals surface area contributed by atoms with Crippen LogP contribution in [0.5, 0.6) is 0 Å². The minimum Gasteiger partial charge on any atom is -0.327 e. The van der Waals surface area contributed by atoms with Crippen LogP contribution < -0.4 is 11.3 Å². The van der Waals surface area contributed by atoms with Crippen LogP contribution in [0.25, 0.3) is 10.9 Å². The zero-order chi connectivity index (χ0) is 11.4. The number of pyridine rings is 1. The topological polar surface area (TPSA) is 48.0 Å². The zero-order valence-electron chi connectivity index (χ0n) is 8.97. The van der Waals surface area contributed by atoms with E-state index in [1.807, 2.05) is 42.5 Å². The van der Waals surface area contributed by atoms with E-state index >= 15 is 0 Å². The van der Waals surface area contributed by atoms with Gasteiger partial charge in [-0.15, -0.1) is 0 Å². The SMILES string of the molecule is NCC=CCn1c(=O)ccc2ccccc21. The third-order valence-electron chi connectivity index (χ3n) is 2.49. The minimum atomic E-state index is 0.0142. The molecule has 3 heteroatoms. The molecular formula is C13H14N2O. The number of benzene rings is 1. The highest BCUT2D eigenvalue weighted by Crippen LogP contribution is 2.10. The highest BCUT2D eigenvalue weighted by molar-refractivity contribution is 5.78. The lowest BCUT2D eigenvalue weighted by Crippen LogP contribution is -2.18. The van der Waals surface area contributed by atoms with Gasteiger partial charge in [-0.2, -0.15) is 0 Å². The summed E-state index contributed by atoms with van der Waals surface area (Å²) in [5, 5.41) is 1.07. The summed E-state index contributed by atoms with van der Waals surface area (Å²) in [6.07, 6.45) is 3.77. The number of nitrogens with two attached hydrogens (primary N) is 1. The summed E-state index contributed by atoms with van der Waals surface area (Å²) in [4.78, 5) is 11.7. The fourth-order valence-corrected chi connectivity index (χ4v) is 1.71. The Bertz CT molecular complexity index is 569. The van der Waals surface area contributed by atoms with Gasteiger partial charge in [-0.1, -0.05) is 30.4 Å². The van der Waals surface area contributed by atoms with Crippen molar-refractivity contribution in [3.63, 3.8) is 0 Å². The van der Waals surface area contributed by atoms with Gasteiger partial charge in [0.2, 0.25) is 0 Å². The maximum absolute atomic E-state index is 11.7. The summed E-state index contributed by atoms with van der Waals surface area (Å²) in [5.74, 6) is 0. The van der Waals surface area contributed by atoms with Gasteiger partial charge in [-0.3, -0.25) is 4.79 Å². The van der Waals surface area contributed by atoms with Crippen molar-refractivity contribution in [2.75, 3.05) is 6.54 Å². The molecule has 3 nitrogen and oxygen atoms in total. The van der Waals surface area contributed by atoms with Crippen LogP contribution in [-0.2, 0) is 6.54 Å². The Morgan fingerprint density at radius 3 is 2.75 bits per heavy atom. The van der Waals surface area contributed by atoms with Crippen molar-refractivity contribution in [1.29, 1.82) is 0 Å². The van der Waals surface area contributed by atoms with Crippen LogP contribution in [0.2, 0.25) is 0 Å². The van der Waals surface area contributed by atoms with Crippen LogP contribution in [0.15, 0.2) is 53.3 Å². The number of fused-ring (bicyclic) bond motifs is 1. The molecule has 0 aliphatic carbocycles. The van der Waals surface area contributed by atoms with E-state index in [-0.39, 0.29) is 5.56 Å². The van der Waals surface area contributed by atoms with E-state index in [1.165, 1.54) is 0 Å². The Labute approximate surface area is 93.8 Å². The van der Waals surface area contributed by atoms with Crippen LogP contribution >= 0.6 is 0 Å². The maximum Gasteiger partial charge on any atom is 0.251 e. The first kappa shape index (κ1) is 10.6. The molecule has 82 valence electrons. The molecule has 2 rings (SSSR count). The summed E-state index contributed by atoms with van der Waals surface area (Å²) in [7, 11) is 0. The Kier molecular flexibility index (Phi) is 3.17. The molecule has 0 saturated heterocycles. The third kappa shape index (κ3) is 2.04. The first-order chi connectivity index (χ1) is 7.83. The fourth-order valence-electron chi connectivity index (χ4n) is 1.71. The Morgan fingerprint density at radius 2 is 1.94 bits per heavy atom. The van der Waals surface area contributed by atoms with E-state index in [1.54, 1.807) is 10.6 Å². The summed E-state index contributed by atoms with van der Waals surface area (Å²) >= 11 is 0. The van der Waals surface area contributed by atoms with Crippen LogP contribution in [0, 0.1) is 0 Å². The number of hydrogen-bond donors (Lipinski definition) is 1. The molecule has 0 aliphatic heterocycles. The first-order valence-corrected chi connectivity index (χ1v) is 5.26. The average Bonchev–Trinajstić information content (AvgIpc) is 2.32. The predicted molar refractivity (Wildman–Crippen MR) is 66.4 cm³/mol. The van der Waals surface area contributed by atoms with Crippen LogP contribution in [-0.4, -0.2) is 11.1 Å². The van der Waals surface area contributed by atoms with Crippen molar-refractivity contribution in [2.45, 2.75) is 6.54 Å². The van der Waals surface area contributed by atoms with Gasteiger partial charge in [0, 0.05) is 19.2 Å². The quantitative estimate of drug-likeness (QED) is 0.787. The normalized spacial score (nSPS) is 11.3. The van der Waals surface area contributed by atoms with Crippen LogP contribution in [0.3, 0.4) is 0 Å². The van der Waals surface area contributed by atoms with Crippen molar-refractivity contribution in [1.82, 2.24) is 4.57 Å². The number of para-hydroxylation sites is 1. The first-order valence-electron chi connectivity index (χ1n) is 5.26. The number of hydrogen-bond acceptors (Lipinski definition) is 2. The lowest BCUT2D eigenvalue weighted by molar-refractivity contribution is 0.815. The second kappa shape index (κ2) is 4.77. The van der Waals surface area contributed by atoms with Gasteiger partial charge in [0.05, 0.1) is 5.52 Å². The molecule has 0 unspecified atom stereocenters. The van der Waals surface area contributed by atoms with Crippen LogP contribution in [0.1, 0.15) is 0 Å². The Hall–Kier alpha value is -1.87. The lowest BCUT2D eigenvalue weighted by Gasteiger charge is -2.06. The predicted octanol–water partition coefficient (Wildman–Crippen LogP) is 1.52. The summed E-state index contributed by atoms with van der Waals surface area (Å²) in [5.41, 5.74) is 6.34. The summed E-state index contributed by atoms with van der Waals surface area (Å²) < 4.78 is 1.74. The molecule has 0 radical (unpaired) electrons.